The molecule has 0 N–H and O–H groups in total. The van der Waals surface area contributed by atoms with Crippen LogP contribution in [0.25, 0.3) is 0 Å². The smallest absolute Gasteiger partial charge is 0.309 e. The highest BCUT2D eigenvalue weighted by Crippen LogP contribution is 2.18. The van der Waals surface area contributed by atoms with Gasteiger partial charge in [-0.2, -0.15) is 0 Å². The lowest BCUT2D eigenvalue weighted by atomic mass is 9.96. The molecule has 13 heavy (non-hydrogen) atoms. The van der Waals surface area contributed by atoms with Gasteiger partial charge in [0.05, 0.1) is 13.0 Å². The van der Waals surface area contributed by atoms with Gasteiger partial charge in [-0.3, -0.25) is 9.59 Å². The second-order valence-electron chi connectivity index (χ2n) is 3.10. The minimum atomic E-state index is -0.233. The van der Waals surface area contributed by atoms with Crippen molar-refractivity contribution in [3.63, 3.8) is 0 Å². The topological polar surface area (TPSA) is 43.4 Å². The van der Waals surface area contributed by atoms with E-state index in [9.17, 15) is 9.59 Å². The van der Waals surface area contributed by atoms with E-state index in [2.05, 4.69) is 0 Å². The van der Waals surface area contributed by atoms with Gasteiger partial charge in [0.1, 0.15) is 0 Å². The lowest BCUT2D eigenvalue weighted by Gasteiger charge is -2.10. The van der Waals surface area contributed by atoms with Crippen LogP contribution < -0.4 is 0 Å². The number of hydrogen-bond acceptors (Lipinski definition) is 3. The van der Waals surface area contributed by atoms with Gasteiger partial charge in [-0.05, 0) is 25.8 Å². The molecule has 1 rings (SSSR count). The molecule has 0 fully saturated rings. The predicted octanol–water partition coefficient (Wildman–Crippen LogP) is 1.62. The third-order valence-corrected chi connectivity index (χ3v) is 1.96. The number of carbonyl (C=O) groups excluding carboxylic acids is 2. The Bertz CT molecular complexity index is 241. The molecule has 3 heteroatoms. The van der Waals surface area contributed by atoms with Crippen molar-refractivity contribution in [3.8, 4) is 0 Å². The van der Waals surface area contributed by atoms with Gasteiger partial charge in [0, 0.05) is 6.42 Å². The van der Waals surface area contributed by atoms with E-state index in [1.165, 1.54) is 0 Å². The zero-order chi connectivity index (χ0) is 9.68. The first-order valence-corrected chi connectivity index (χ1v) is 4.60. The molecule has 0 unspecified atom stereocenters. The van der Waals surface area contributed by atoms with Gasteiger partial charge in [0.2, 0.25) is 0 Å². The SMILES string of the molecule is CCOC(=O)CC1=CC(=O)CCC1. The Kier molecular flexibility index (Phi) is 3.68. The highest BCUT2D eigenvalue weighted by molar-refractivity contribution is 5.92. The quantitative estimate of drug-likeness (QED) is 0.623. The minimum absolute atomic E-state index is 0.130. The second kappa shape index (κ2) is 4.80. The Morgan fingerprint density at radius 2 is 2.31 bits per heavy atom. The summed E-state index contributed by atoms with van der Waals surface area (Å²) in [5.41, 5.74) is 0.912. The van der Waals surface area contributed by atoms with Gasteiger partial charge in [-0.1, -0.05) is 5.57 Å². The molecular weight excluding hydrogens is 168 g/mol. The Labute approximate surface area is 77.8 Å². The Morgan fingerprint density at radius 3 is 2.92 bits per heavy atom. The molecular formula is C10H14O3. The predicted molar refractivity (Wildman–Crippen MR) is 48.2 cm³/mol. The number of ketones is 1. The maximum absolute atomic E-state index is 11.0. The molecule has 0 saturated carbocycles. The maximum Gasteiger partial charge on any atom is 0.309 e. The van der Waals surface area contributed by atoms with E-state index in [1.54, 1.807) is 13.0 Å². The normalized spacial score (nSPS) is 16.7. The third kappa shape index (κ3) is 3.40. The van der Waals surface area contributed by atoms with E-state index >= 15 is 0 Å². The molecule has 0 aliphatic heterocycles. The van der Waals surface area contributed by atoms with E-state index in [1.807, 2.05) is 0 Å². The fourth-order valence-corrected chi connectivity index (χ4v) is 1.40. The van der Waals surface area contributed by atoms with E-state index in [0.717, 1.165) is 18.4 Å². The fraction of sp³-hybridized carbons (Fsp3) is 0.600. The van der Waals surface area contributed by atoms with E-state index < -0.39 is 0 Å². The maximum atomic E-state index is 11.0. The summed E-state index contributed by atoms with van der Waals surface area (Å²) in [6, 6.07) is 0. The van der Waals surface area contributed by atoms with Crippen LogP contribution in [0.1, 0.15) is 32.6 Å². The van der Waals surface area contributed by atoms with Crippen molar-refractivity contribution in [2.24, 2.45) is 0 Å². The van der Waals surface area contributed by atoms with Gasteiger partial charge in [0.15, 0.2) is 5.78 Å². The molecule has 1 aliphatic rings. The number of hydrogen-bond donors (Lipinski definition) is 0. The highest BCUT2D eigenvalue weighted by atomic mass is 16.5. The molecule has 72 valence electrons. The summed E-state index contributed by atoms with van der Waals surface area (Å²) in [5.74, 6) is -0.103. The summed E-state index contributed by atoms with van der Waals surface area (Å²) < 4.78 is 4.79. The van der Waals surface area contributed by atoms with Crippen molar-refractivity contribution in [2.45, 2.75) is 32.6 Å². The lowest BCUT2D eigenvalue weighted by molar-refractivity contribution is -0.142. The van der Waals surface area contributed by atoms with Gasteiger partial charge in [-0.25, -0.2) is 0 Å². The molecule has 0 radical (unpaired) electrons. The van der Waals surface area contributed by atoms with Crippen molar-refractivity contribution in [2.75, 3.05) is 6.61 Å². The van der Waals surface area contributed by atoms with Crippen LogP contribution in [0.2, 0.25) is 0 Å². The molecule has 0 amide bonds. The summed E-state index contributed by atoms with van der Waals surface area (Å²) in [4.78, 5) is 22.0. The largest absolute Gasteiger partial charge is 0.466 e. The standard InChI is InChI=1S/C10H14O3/c1-2-13-10(12)7-8-4-3-5-9(11)6-8/h6H,2-5,7H2,1H3. The van der Waals surface area contributed by atoms with Crippen LogP contribution in [0.4, 0.5) is 0 Å². The molecule has 0 aromatic rings. The summed E-state index contributed by atoms with van der Waals surface area (Å²) in [6.45, 7) is 2.18. The molecule has 0 spiro atoms. The summed E-state index contributed by atoms with van der Waals surface area (Å²) >= 11 is 0. The second-order valence-corrected chi connectivity index (χ2v) is 3.10. The fourth-order valence-electron chi connectivity index (χ4n) is 1.40. The minimum Gasteiger partial charge on any atom is -0.466 e. The number of ether oxygens (including phenoxy) is 1. The summed E-state index contributed by atoms with van der Waals surface area (Å²) in [5, 5.41) is 0. The van der Waals surface area contributed by atoms with Crippen LogP contribution in [0.3, 0.4) is 0 Å². The van der Waals surface area contributed by atoms with E-state index in [-0.39, 0.29) is 18.2 Å². The molecule has 0 heterocycles. The van der Waals surface area contributed by atoms with Gasteiger partial charge in [-0.15, -0.1) is 0 Å². The monoisotopic (exact) mass is 182 g/mol. The summed E-state index contributed by atoms with van der Waals surface area (Å²) in [7, 11) is 0. The number of allylic oxidation sites excluding steroid dienone is 1. The zero-order valence-electron chi connectivity index (χ0n) is 7.84. The van der Waals surface area contributed by atoms with Crippen molar-refractivity contribution in [1.29, 1.82) is 0 Å². The van der Waals surface area contributed by atoms with Crippen molar-refractivity contribution in [1.82, 2.24) is 0 Å². The summed E-state index contributed by atoms with van der Waals surface area (Å²) in [6.07, 6.45) is 4.20. The molecule has 0 aromatic carbocycles. The Hall–Kier alpha value is -1.12. The van der Waals surface area contributed by atoms with Crippen LogP contribution in [-0.2, 0) is 14.3 Å². The molecule has 1 aliphatic carbocycles. The lowest BCUT2D eigenvalue weighted by Crippen LogP contribution is -2.09. The molecule has 0 saturated heterocycles. The van der Waals surface area contributed by atoms with Crippen molar-refractivity contribution < 1.29 is 14.3 Å². The Balaban J connectivity index is 2.44. The molecule has 0 bridgehead atoms. The van der Waals surface area contributed by atoms with E-state index in [0.29, 0.717) is 13.0 Å². The number of esters is 1. The molecule has 0 aromatic heterocycles. The first-order valence-electron chi connectivity index (χ1n) is 4.60. The average Bonchev–Trinajstić information content (AvgIpc) is 2.04. The van der Waals surface area contributed by atoms with Crippen LogP contribution in [0.15, 0.2) is 11.6 Å². The Morgan fingerprint density at radius 1 is 1.54 bits per heavy atom. The van der Waals surface area contributed by atoms with Crippen LogP contribution >= 0.6 is 0 Å². The van der Waals surface area contributed by atoms with Crippen LogP contribution in [0, 0.1) is 0 Å². The van der Waals surface area contributed by atoms with Gasteiger partial charge >= 0.3 is 5.97 Å². The average molecular weight is 182 g/mol. The van der Waals surface area contributed by atoms with Gasteiger partial charge < -0.3 is 4.74 Å². The number of rotatable bonds is 3. The van der Waals surface area contributed by atoms with Gasteiger partial charge in [0.25, 0.3) is 0 Å². The first-order chi connectivity index (χ1) is 6.22. The molecule has 3 nitrogen and oxygen atoms in total. The third-order valence-electron chi connectivity index (χ3n) is 1.96. The first kappa shape index (κ1) is 9.96. The van der Waals surface area contributed by atoms with Crippen molar-refractivity contribution >= 4 is 11.8 Å². The van der Waals surface area contributed by atoms with E-state index in [4.69, 9.17) is 4.74 Å². The zero-order valence-corrected chi connectivity index (χ0v) is 7.84. The highest BCUT2D eigenvalue weighted by Gasteiger charge is 2.13. The van der Waals surface area contributed by atoms with Crippen LogP contribution in [-0.4, -0.2) is 18.4 Å². The number of carbonyl (C=O) groups is 2. The molecule has 0 atom stereocenters. The van der Waals surface area contributed by atoms with Crippen molar-refractivity contribution in [3.05, 3.63) is 11.6 Å². The van der Waals surface area contributed by atoms with Crippen LogP contribution in [0.5, 0.6) is 0 Å².